The summed E-state index contributed by atoms with van der Waals surface area (Å²) < 4.78 is 36.9. The molecule has 0 aromatic heterocycles. The van der Waals surface area contributed by atoms with Crippen molar-refractivity contribution in [2.75, 3.05) is 6.54 Å². The summed E-state index contributed by atoms with van der Waals surface area (Å²) in [7, 11) is 0. The third-order valence-corrected chi connectivity index (χ3v) is 1.80. The molecule has 1 aromatic rings. The van der Waals surface area contributed by atoms with Gasteiger partial charge in [-0.05, 0) is 18.2 Å². The van der Waals surface area contributed by atoms with E-state index >= 15 is 0 Å². The Balaban J connectivity index is 0.00000137. The summed E-state index contributed by atoms with van der Waals surface area (Å²) in [6.45, 7) is 3.77. The summed E-state index contributed by atoms with van der Waals surface area (Å²) in [4.78, 5) is 21.2. The molecule has 0 unspecified atom stereocenters. The van der Waals surface area contributed by atoms with E-state index in [2.05, 4.69) is 5.32 Å². The molecule has 18 heavy (non-hydrogen) atoms. The van der Waals surface area contributed by atoms with Crippen LogP contribution in [0.15, 0.2) is 24.3 Å². The molecular formula is C12H14F3NO2. The molecule has 1 amide bonds. The maximum absolute atomic E-state index is 12.3. The zero-order valence-corrected chi connectivity index (χ0v) is 10.0. The molecule has 0 aliphatic heterocycles. The molecule has 0 heterocycles. The minimum atomic E-state index is -4.49. The van der Waals surface area contributed by atoms with Crippen LogP contribution in [-0.2, 0) is 11.0 Å². The van der Waals surface area contributed by atoms with Crippen molar-refractivity contribution in [3.05, 3.63) is 35.4 Å². The molecule has 1 aromatic carbocycles. The SMILES string of the molecule is CC.O=CCNC(=O)c1cccc(C(F)(F)F)c1. The molecule has 0 aliphatic carbocycles. The molecule has 0 radical (unpaired) electrons. The predicted molar refractivity (Wildman–Crippen MR) is 61.2 cm³/mol. The highest BCUT2D eigenvalue weighted by Gasteiger charge is 2.30. The number of carbonyl (C=O) groups excluding carboxylic acids is 2. The van der Waals surface area contributed by atoms with Crippen molar-refractivity contribution >= 4 is 12.2 Å². The molecule has 3 nitrogen and oxygen atoms in total. The molecule has 0 spiro atoms. The van der Waals surface area contributed by atoms with E-state index in [4.69, 9.17) is 0 Å². The minimum Gasteiger partial charge on any atom is -0.345 e. The summed E-state index contributed by atoms with van der Waals surface area (Å²) in [6.07, 6.45) is -4.04. The van der Waals surface area contributed by atoms with Crippen LogP contribution >= 0.6 is 0 Å². The van der Waals surface area contributed by atoms with Gasteiger partial charge in [-0.2, -0.15) is 13.2 Å². The number of rotatable bonds is 3. The summed E-state index contributed by atoms with van der Waals surface area (Å²) in [5.41, 5.74) is -1.03. The second-order valence-corrected chi connectivity index (χ2v) is 2.96. The van der Waals surface area contributed by atoms with Gasteiger partial charge < -0.3 is 10.1 Å². The first kappa shape index (κ1) is 16.1. The highest BCUT2D eigenvalue weighted by molar-refractivity contribution is 5.95. The van der Waals surface area contributed by atoms with Crippen LogP contribution in [0.2, 0.25) is 0 Å². The smallest absolute Gasteiger partial charge is 0.345 e. The average molecular weight is 261 g/mol. The van der Waals surface area contributed by atoms with Crippen molar-refractivity contribution in [3.8, 4) is 0 Å². The molecule has 1 N–H and O–H groups in total. The number of alkyl halides is 3. The lowest BCUT2D eigenvalue weighted by Gasteiger charge is -2.08. The largest absolute Gasteiger partial charge is 0.416 e. The van der Waals surface area contributed by atoms with Gasteiger partial charge in [0.2, 0.25) is 0 Å². The van der Waals surface area contributed by atoms with Crippen molar-refractivity contribution in [1.29, 1.82) is 0 Å². The van der Waals surface area contributed by atoms with E-state index in [9.17, 15) is 22.8 Å². The van der Waals surface area contributed by atoms with Gasteiger partial charge in [0.25, 0.3) is 5.91 Å². The highest BCUT2D eigenvalue weighted by Crippen LogP contribution is 2.29. The third-order valence-electron chi connectivity index (χ3n) is 1.80. The molecule has 0 saturated heterocycles. The zero-order valence-electron chi connectivity index (χ0n) is 10.0. The van der Waals surface area contributed by atoms with Gasteiger partial charge in [0, 0.05) is 5.56 Å². The van der Waals surface area contributed by atoms with Gasteiger partial charge in [0.15, 0.2) is 0 Å². The van der Waals surface area contributed by atoms with Gasteiger partial charge in [-0.15, -0.1) is 0 Å². The van der Waals surface area contributed by atoms with Gasteiger partial charge in [0.1, 0.15) is 6.29 Å². The van der Waals surface area contributed by atoms with Crippen molar-refractivity contribution in [3.63, 3.8) is 0 Å². The van der Waals surface area contributed by atoms with E-state index in [0.29, 0.717) is 6.29 Å². The van der Waals surface area contributed by atoms with Gasteiger partial charge in [-0.1, -0.05) is 19.9 Å². The van der Waals surface area contributed by atoms with Crippen LogP contribution in [0.25, 0.3) is 0 Å². The fourth-order valence-electron chi connectivity index (χ4n) is 1.07. The van der Waals surface area contributed by atoms with Gasteiger partial charge in [0.05, 0.1) is 12.1 Å². The van der Waals surface area contributed by atoms with Gasteiger partial charge in [-0.25, -0.2) is 0 Å². The fraction of sp³-hybridized carbons (Fsp3) is 0.333. The summed E-state index contributed by atoms with van der Waals surface area (Å²) in [6, 6.07) is 3.99. The molecule has 100 valence electrons. The van der Waals surface area contributed by atoms with Crippen LogP contribution in [0.4, 0.5) is 13.2 Å². The van der Waals surface area contributed by atoms with Crippen molar-refractivity contribution in [2.45, 2.75) is 20.0 Å². The summed E-state index contributed by atoms with van der Waals surface area (Å²) in [5, 5.41) is 2.15. The molecule has 0 aliphatic rings. The molecular weight excluding hydrogens is 247 g/mol. The number of aldehydes is 1. The standard InChI is InChI=1S/C10H8F3NO2.C2H6/c11-10(12,13)8-3-1-2-7(6-8)9(16)14-4-5-15;1-2/h1-3,5-6H,4H2,(H,14,16);1-2H3. The average Bonchev–Trinajstić information content (AvgIpc) is 2.37. The number of benzene rings is 1. The molecule has 1 rings (SSSR count). The number of nitrogens with one attached hydrogen (secondary N) is 1. The quantitative estimate of drug-likeness (QED) is 0.850. The normalized spacial score (nSPS) is 10.1. The van der Waals surface area contributed by atoms with E-state index in [1.807, 2.05) is 13.8 Å². The van der Waals surface area contributed by atoms with E-state index in [0.717, 1.165) is 18.2 Å². The van der Waals surface area contributed by atoms with Crippen LogP contribution in [0.5, 0.6) is 0 Å². The van der Waals surface area contributed by atoms with Crippen LogP contribution in [-0.4, -0.2) is 18.7 Å². The third kappa shape index (κ3) is 4.99. The number of halogens is 3. The first-order chi connectivity index (χ1) is 8.45. The van der Waals surface area contributed by atoms with Crippen LogP contribution in [0.1, 0.15) is 29.8 Å². The maximum Gasteiger partial charge on any atom is 0.416 e. The molecule has 6 heteroatoms. The Morgan fingerprint density at radius 2 is 1.94 bits per heavy atom. The predicted octanol–water partition coefficient (Wildman–Crippen LogP) is 2.66. The maximum atomic E-state index is 12.3. The second-order valence-electron chi connectivity index (χ2n) is 2.96. The van der Waals surface area contributed by atoms with Gasteiger partial charge >= 0.3 is 6.18 Å². The Kier molecular flexibility index (Phi) is 6.70. The van der Waals surface area contributed by atoms with Crippen molar-refractivity contribution in [1.82, 2.24) is 5.32 Å². The highest BCUT2D eigenvalue weighted by atomic mass is 19.4. The fourth-order valence-corrected chi connectivity index (χ4v) is 1.07. The summed E-state index contributed by atoms with van der Waals surface area (Å²) >= 11 is 0. The monoisotopic (exact) mass is 261 g/mol. The lowest BCUT2D eigenvalue weighted by molar-refractivity contribution is -0.137. The van der Waals surface area contributed by atoms with E-state index < -0.39 is 17.6 Å². The molecule has 0 atom stereocenters. The van der Waals surface area contributed by atoms with Crippen LogP contribution < -0.4 is 5.32 Å². The Morgan fingerprint density at radius 1 is 1.33 bits per heavy atom. The Labute approximate surface area is 103 Å². The topological polar surface area (TPSA) is 46.2 Å². The van der Waals surface area contributed by atoms with E-state index in [1.165, 1.54) is 6.07 Å². The molecule has 0 fully saturated rings. The lowest BCUT2D eigenvalue weighted by atomic mass is 10.1. The Hall–Kier alpha value is -1.85. The second kappa shape index (κ2) is 7.47. The zero-order chi connectivity index (χ0) is 14.2. The number of hydrogen-bond acceptors (Lipinski definition) is 2. The van der Waals surface area contributed by atoms with E-state index in [-0.39, 0.29) is 12.1 Å². The Morgan fingerprint density at radius 3 is 2.44 bits per heavy atom. The number of amides is 1. The minimum absolute atomic E-state index is 0.128. The first-order valence-electron chi connectivity index (χ1n) is 5.34. The summed E-state index contributed by atoms with van der Waals surface area (Å²) in [5.74, 6) is -0.710. The van der Waals surface area contributed by atoms with E-state index in [1.54, 1.807) is 0 Å². The lowest BCUT2D eigenvalue weighted by Crippen LogP contribution is -2.25. The number of carbonyl (C=O) groups is 2. The van der Waals surface area contributed by atoms with Crippen LogP contribution in [0.3, 0.4) is 0 Å². The van der Waals surface area contributed by atoms with Crippen molar-refractivity contribution < 1.29 is 22.8 Å². The Bertz CT molecular complexity index is 403. The van der Waals surface area contributed by atoms with Gasteiger partial charge in [-0.3, -0.25) is 4.79 Å². The van der Waals surface area contributed by atoms with Crippen LogP contribution in [0, 0.1) is 0 Å². The van der Waals surface area contributed by atoms with Crippen molar-refractivity contribution in [2.24, 2.45) is 0 Å². The first-order valence-corrected chi connectivity index (χ1v) is 5.34. The molecule has 0 bridgehead atoms. The molecule has 0 saturated carbocycles. The number of hydrogen-bond donors (Lipinski definition) is 1.